The van der Waals surface area contributed by atoms with E-state index in [1.807, 2.05) is 23.5 Å². The van der Waals surface area contributed by atoms with E-state index in [-0.39, 0.29) is 0 Å². The molecule has 0 radical (unpaired) electrons. The standard InChI is InChI=1S/C15H16N4S/c1-4-13-15(16-6-1)18-14(17-13)11-5-7-19(9-11)10-12-3-2-8-20-12/h1-4,6,8,11H,5,7,9-10H2,(H,16,17,18). The lowest BCUT2D eigenvalue weighted by molar-refractivity contribution is 0.329. The zero-order chi connectivity index (χ0) is 13.4. The van der Waals surface area contributed by atoms with Crippen LogP contribution in [0.3, 0.4) is 0 Å². The van der Waals surface area contributed by atoms with Crippen LogP contribution in [0.15, 0.2) is 35.8 Å². The van der Waals surface area contributed by atoms with Gasteiger partial charge in [-0.1, -0.05) is 6.07 Å². The van der Waals surface area contributed by atoms with Gasteiger partial charge in [0.05, 0.1) is 5.52 Å². The summed E-state index contributed by atoms with van der Waals surface area (Å²) in [6.45, 7) is 3.29. The van der Waals surface area contributed by atoms with Crippen LogP contribution in [0.2, 0.25) is 0 Å². The largest absolute Gasteiger partial charge is 0.340 e. The summed E-state index contributed by atoms with van der Waals surface area (Å²) in [4.78, 5) is 16.3. The molecule has 0 saturated carbocycles. The minimum atomic E-state index is 0.504. The van der Waals surface area contributed by atoms with Gasteiger partial charge in [-0.3, -0.25) is 4.90 Å². The van der Waals surface area contributed by atoms with Gasteiger partial charge in [0, 0.05) is 30.1 Å². The van der Waals surface area contributed by atoms with Crippen LogP contribution < -0.4 is 0 Å². The van der Waals surface area contributed by atoms with Crippen LogP contribution in [0, 0.1) is 0 Å². The first-order valence-electron chi connectivity index (χ1n) is 6.94. The number of imidazole rings is 1. The van der Waals surface area contributed by atoms with E-state index in [0.29, 0.717) is 5.92 Å². The molecule has 1 unspecified atom stereocenters. The number of H-pyrrole nitrogens is 1. The minimum Gasteiger partial charge on any atom is -0.340 e. The summed E-state index contributed by atoms with van der Waals surface area (Å²) in [5, 5.41) is 2.15. The van der Waals surface area contributed by atoms with Crippen molar-refractivity contribution in [1.29, 1.82) is 0 Å². The van der Waals surface area contributed by atoms with Gasteiger partial charge in [-0.2, -0.15) is 0 Å². The Balaban J connectivity index is 1.50. The molecule has 102 valence electrons. The molecule has 0 aromatic carbocycles. The maximum Gasteiger partial charge on any atom is 0.177 e. The number of rotatable bonds is 3. The van der Waals surface area contributed by atoms with Crippen molar-refractivity contribution in [2.45, 2.75) is 18.9 Å². The average molecular weight is 284 g/mol. The second kappa shape index (κ2) is 5.00. The Morgan fingerprint density at radius 2 is 2.35 bits per heavy atom. The molecular formula is C15H16N4S. The van der Waals surface area contributed by atoms with Crippen LogP contribution in [0.4, 0.5) is 0 Å². The molecule has 20 heavy (non-hydrogen) atoms. The minimum absolute atomic E-state index is 0.504. The number of likely N-dealkylation sites (tertiary alicyclic amines) is 1. The van der Waals surface area contributed by atoms with Gasteiger partial charge >= 0.3 is 0 Å². The molecule has 1 fully saturated rings. The Bertz CT molecular complexity index is 671. The summed E-state index contributed by atoms with van der Waals surface area (Å²) in [6.07, 6.45) is 2.97. The first kappa shape index (κ1) is 12.1. The fourth-order valence-electron chi connectivity index (χ4n) is 2.88. The second-order valence-electron chi connectivity index (χ2n) is 5.30. The fourth-order valence-corrected chi connectivity index (χ4v) is 3.63. The Kier molecular flexibility index (Phi) is 3.01. The molecule has 0 bridgehead atoms. The summed E-state index contributed by atoms with van der Waals surface area (Å²) in [7, 11) is 0. The number of pyridine rings is 1. The molecule has 1 aliphatic heterocycles. The van der Waals surface area contributed by atoms with E-state index in [4.69, 9.17) is 0 Å². The lowest BCUT2D eigenvalue weighted by Gasteiger charge is -2.13. The summed E-state index contributed by atoms with van der Waals surface area (Å²) in [5.74, 6) is 1.59. The molecule has 4 heterocycles. The van der Waals surface area contributed by atoms with Crippen molar-refractivity contribution in [3.8, 4) is 0 Å². The van der Waals surface area contributed by atoms with Crippen LogP contribution in [-0.2, 0) is 6.54 Å². The van der Waals surface area contributed by atoms with E-state index in [0.717, 1.165) is 36.6 Å². The van der Waals surface area contributed by atoms with Crippen molar-refractivity contribution in [2.75, 3.05) is 13.1 Å². The zero-order valence-corrected chi connectivity index (χ0v) is 11.9. The topological polar surface area (TPSA) is 44.8 Å². The third-order valence-corrected chi connectivity index (χ3v) is 4.76. The van der Waals surface area contributed by atoms with Gasteiger partial charge in [0.25, 0.3) is 0 Å². The van der Waals surface area contributed by atoms with Crippen LogP contribution in [0.1, 0.15) is 23.0 Å². The zero-order valence-electron chi connectivity index (χ0n) is 11.1. The van der Waals surface area contributed by atoms with Crippen molar-refractivity contribution in [1.82, 2.24) is 19.9 Å². The van der Waals surface area contributed by atoms with E-state index in [1.165, 1.54) is 11.3 Å². The maximum absolute atomic E-state index is 4.64. The number of nitrogens with zero attached hydrogens (tertiary/aromatic N) is 3. The van der Waals surface area contributed by atoms with E-state index >= 15 is 0 Å². The molecule has 0 aliphatic carbocycles. The second-order valence-corrected chi connectivity index (χ2v) is 6.33. The molecule has 1 saturated heterocycles. The van der Waals surface area contributed by atoms with Crippen LogP contribution in [0.25, 0.3) is 11.2 Å². The molecule has 1 aliphatic rings. The molecule has 3 aromatic heterocycles. The number of nitrogens with one attached hydrogen (secondary N) is 1. The third kappa shape index (κ3) is 2.23. The number of aromatic nitrogens is 3. The highest BCUT2D eigenvalue weighted by Crippen LogP contribution is 2.28. The van der Waals surface area contributed by atoms with Crippen molar-refractivity contribution < 1.29 is 0 Å². The predicted molar refractivity (Wildman–Crippen MR) is 80.8 cm³/mol. The molecule has 5 heteroatoms. The summed E-state index contributed by atoms with van der Waals surface area (Å²) in [5.41, 5.74) is 1.87. The highest BCUT2D eigenvalue weighted by molar-refractivity contribution is 7.09. The van der Waals surface area contributed by atoms with Gasteiger partial charge in [0.1, 0.15) is 5.82 Å². The number of aromatic amines is 1. The van der Waals surface area contributed by atoms with Gasteiger partial charge in [-0.15, -0.1) is 11.3 Å². The molecule has 0 spiro atoms. The fraction of sp³-hybridized carbons (Fsp3) is 0.333. The van der Waals surface area contributed by atoms with Gasteiger partial charge in [0.2, 0.25) is 0 Å². The van der Waals surface area contributed by atoms with Gasteiger partial charge in [0.15, 0.2) is 5.65 Å². The third-order valence-electron chi connectivity index (χ3n) is 3.89. The molecule has 4 rings (SSSR count). The summed E-state index contributed by atoms with van der Waals surface area (Å²) < 4.78 is 0. The van der Waals surface area contributed by atoms with Gasteiger partial charge in [-0.25, -0.2) is 9.97 Å². The Hall–Kier alpha value is -1.72. The smallest absolute Gasteiger partial charge is 0.177 e. The van der Waals surface area contributed by atoms with E-state index in [1.54, 1.807) is 6.20 Å². The number of hydrogen-bond donors (Lipinski definition) is 1. The quantitative estimate of drug-likeness (QED) is 0.804. The predicted octanol–water partition coefficient (Wildman–Crippen LogP) is 3.01. The highest BCUT2D eigenvalue weighted by atomic mass is 32.1. The highest BCUT2D eigenvalue weighted by Gasteiger charge is 2.26. The van der Waals surface area contributed by atoms with Crippen LogP contribution in [0.5, 0.6) is 0 Å². The first-order valence-corrected chi connectivity index (χ1v) is 7.82. The SMILES string of the molecule is c1csc(CN2CCC(c3nc4ncccc4[nH]3)C2)c1. The Morgan fingerprint density at radius 3 is 3.20 bits per heavy atom. The lowest BCUT2D eigenvalue weighted by atomic mass is 10.1. The first-order chi connectivity index (χ1) is 9.88. The van der Waals surface area contributed by atoms with Crippen LogP contribution in [-0.4, -0.2) is 32.9 Å². The molecule has 4 nitrogen and oxygen atoms in total. The molecule has 1 N–H and O–H groups in total. The van der Waals surface area contributed by atoms with Crippen molar-refractivity contribution in [3.05, 3.63) is 46.5 Å². The Morgan fingerprint density at radius 1 is 1.35 bits per heavy atom. The normalized spacial score (nSPS) is 19.9. The molecular weight excluding hydrogens is 268 g/mol. The number of fused-ring (bicyclic) bond motifs is 1. The monoisotopic (exact) mass is 284 g/mol. The summed E-state index contributed by atoms with van der Waals surface area (Å²) >= 11 is 1.84. The van der Waals surface area contributed by atoms with Gasteiger partial charge < -0.3 is 4.98 Å². The van der Waals surface area contributed by atoms with E-state index in [2.05, 4.69) is 37.4 Å². The Labute approximate surface area is 121 Å². The van der Waals surface area contributed by atoms with Crippen molar-refractivity contribution in [2.24, 2.45) is 0 Å². The van der Waals surface area contributed by atoms with Gasteiger partial charge in [-0.05, 0) is 36.5 Å². The van der Waals surface area contributed by atoms with Crippen molar-refractivity contribution >= 4 is 22.5 Å². The average Bonchev–Trinajstić information content (AvgIpc) is 3.18. The molecule has 0 amide bonds. The molecule has 1 atom stereocenters. The maximum atomic E-state index is 4.64. The van der Waals surface area contributed by atoms with Crippen molar-refractivity contribution in [3.63, 3.8) is 0 Å². The number of hydrogen-bond acceptors (Lipinski definition) is 4. The van der Waals surface area contributed by atoms with E-state index < -0.39 is 0 Å². The lowest BCUT2D eigenvalue weighted by Crippen LogP contribution is -2.19. The summed E-state index contributed by atoms with van der Waals surface area (Å²) in [6, 6.07) is 8.32. The molecule has 3 aromatic rings. The van der Waals surface area contributed by atoms with E-state index in [9.17, 15) is 0 Å². The van der Waals surface area contributed by atoms with Crippen LogP contribution >= 0.6 is 11.3 Å². The number of thiophene rings is 1.